The average molecular weight is 423 g/mol. The van der Waals surface area contributed by atoms with Gasteiger partial charge in [0.25, 0.3) is 11.6 Å². The van der Waals surface area contributed by atoms with E-state index < -0.39 is 10.8 Å². The first-order valence-electron chi connectivity index (χ1n) is 8.02. The first kappa shape index (κ1) is 19.7. The molecule has 138 valence electrons. The van der Waals surface area contributed by atoms with E-state index in [1.807, 2.05) is 13.8 Å². The lowest BCUT2D eigenvalue weighted by Gasteiger charge is -2.14. The molecule has 8 heteroatoms. The molecular formula is C18H19BrN2O5. The van der Waals surface area contributed by atoms with Crippen LogP contribution in [0.25, 0.3) is 0 Å². The summed E-state index contributed by atoms with van der Waals surface area (Å²) in [6.07, 6.45) is 0. The van der Waals surface area contributed by atoms with Gasteiger partial charge in [0.2, 0.25) is 0 Å². The van der Waals surface area contributed by atoms with E-state index in [0.717, 1.165) is 5.56 Å². The third-order valence-electron chi connectivity index (χ3n) is 3.46. The zero-order valence-corrected chi connectivity index (χ0v) is 16.3. The molecule has 1 N–H and O–H groups in total. The van der Waals surface area contributed by atoms with Gasteiger partial charge in [-0.05, 0) is 60.5 Å². The van der Waals surface area contributed by atoms with E-state index in [2.05, 4.69) is 21.2 Å². The molecule has 0 aromatic heterocycles. The van der Waals surface area contributed by atoms with Crippen molar-refractivity contribution in [3.05, 3.63) is 56.0 Å². The number of hydrogen-bond donors (Lipinski definition) is 1. The van der Waals surface area contributed by atoms with Crippen molar-refractivity contribution in [2.75, 3.05) is 18.5 Å². The molecule has 0 aliphatic heterocycles. The third-order valence-corrected chi connectivity index (χ3v) is 4.05. The smallest absolute Gasteiger partial charge is 0.293 e. The second kappa shape index (κ2) is 8.66. The van der Waals surface area contributed by atoms with Crippen LogP contribution < -0.4 is 14.8 Å². The Kier molecular flexibility index (Phi) is 6.57. The fourth-order valence-corrected chi connectivity index (χ4v) is 2.90. The molecule has 0 bridgehead atoms. The SMILES string of the molecule is CCOc1cc(C(=O)Nc2ccc(C)cc2[N+](=O)[O-])cc(Br)c1OCC. The number of rotatable bonds is 7. The number of nitro benzene ring substituents is 1. The Bertz CT molecular complexity index is 839. The van der Waals surface area contributed by atoms with Crippen LogP contribution in [-0.4, -0.2) is 24.0 Å². The minimum atomic E-state index is -0.525. The first-order valence-corrected chi connectivity index (χ1v) is 8.82. The van der Waals surface area contributed by atoms with Gasteiger partial charge in [0.1, 0.15) is 5.69 Å². The van der Waals surface area contributed by atoms with Crippen molar-refractivity contribution < 1.29 is 19.2 Å². The van der Waals surface area contributed by atoms with Crippen LogP contribution in [0, 0.1) is 17.0 Å². The van der Waals surface area contributed by atoms with E-state index in [9.17, 15) is 14.9 Å². The first-order chi connectivity index (χ1) is 12.4. The molecule has 0 aliphatic rings. The Morgan fingerprint density at radius 3 is 2.50 bits per heavy atom. The number of ether oxygens (including phenoxy) is 2. The molecule has 2 aromatic rings. The van der Waals surface area contributed by atoms with Gasteiger partial charge in [-0.1, -0.05) is 6.07 Å². The highest BCUT2D eigenvalue weighted by atomic mass is 79.9. The molecule has 0 saturated heterocycles. The van der Waals surface area contributed by atoms with Gasteiger partial charge in [0.05, 0.1) is 22.6 Å². The van der Waals surface area contributed by atoms with Gasteiger partial charge in [-0.2, -0.15) is 0 Å². The standard InChI is InChI=1S/C18H19BrN2O5/c1-4-25-16-10-12(9-13(19)17(16)26-5-2)18(22)20-14-7-6-11(3)8-15(14)21(23)24/h6-10H,4-5H2,1-3H3,(H,20,22). The Morgan fingerprint density at radius 1 is 1.19 bits per heavy atom. The fourth-order valence-electron chi connectivity index (χ4n) is 2.34. The molecule has 0 unspecified atom stereocenters. The molecule has 2 aromatic carbocycles. The van der Waals surface area contributed by atoms with Crippen molar-refractivity contribution >= 4 is 33.2 Å². The normalized spacial score (nSPS) is 10.3. The Hall–Kier alpha value is -2.61. The van der Waals surface area contributed by atoms with Crippen LogP contribution in [0.3, 0.4) is 0 Å². The minimum absolute atomic E-state index is 0.133. The van der Waals surface area contributed by atoms with Gasteiger partial charge in [-0.15, -0.1) is 0 Å². The summed E-state index contributed by atoms with van der Waals surface area (Å²) in [6, 6.07) is 7.76. The zero-order valence-electron chi connectivity index (χ0n) is 14.7. The van der Waals surface area contributed by atoms with E-state index in [1.165, 1.54) is 12.1 Å². The Morgan fingerprint density at radius 2 is 1.88 bits per heavy atom. The maximum atomic E-state index is 12.6. The third kappa shape index (κ3) is 4.51. The summed E-state index contributed by atoms with van der Waals surface area (Å²) in [5.74, 6) is 0.446. The lowest BCUT2D eigenvalue weighted by Crippen LogP contribution is -2.14. The summed E-state index contributed by atoms with van der Waals surface area (Å²) >= 11 is 3.38. The van der Waals surface area contributed by atoms with Crippen LogP contribution in [0.2, 0.25) is 0 Å². The summed E-state index contributed by atoms with van der Waals surface area (Å²) in [6.45, 7) is 6.27. The van der Waals surface area contributed by atoms with Crippen LogP contribution in [-0.2, 0) is 0 Å². The lowest BCUT2D eigenvalue weighted by molar-refractivity contribution is -0.384. The van der Waals surface area contributed by atoms with Crippen LogP contribution in [0.15, 0.2) is 34.8 Å². The molecule has 0 fully saturated rings. The van der Waals surface area contributed by atoms with E-state index >= 15 is 0 Å². The number of halogens is 1. The summed E-state index contributed by atoms with van der Waals surface area (Å²) in [5.41, 5.74) is 0.998. The van der Waals surface area contributed by atoms with E-state index in [0.29, 0.717) is 34.7 Å². The lowest BCUT2D eigenvalue weighted by atomic mass is 10.1. The minimum Gasteiger partial charge on any atom is -0.490 e. The Balaban J connectivity index is 2.37. The van der Waals surface area contributed by atoms with E-state index in [-0.39, 0.29) is 11.4 Å². The summed E-state index contributed by atoms with van der Waals surface area (Å²) in [5, 5.41) is 13.8. The van der Waals surface area contributed by atoms with Crippen molar-refractivity contribution in [3.8, 4) is 11.5 Å². The predicted molar refractivity (Wildman–Crippen MR) is 102 cm³/mol. The van der Waals surface area contributed by atoms with Crippen molar-refractivity contribution in [3.63, 3.8) is 0 Å². The number of nitrogens with one attached hydrogen (secondary N) is 1. The zero-order chi connectivity index (χ0) is 19.3. The highest BCUT2D eigenvalue weighted by Gasteiger charge is 2.19. The van der Waals surface area contributed by atoms with Gasteiger partial charge < -0.3 is 14.8 Å². The van der Waals surface area contributed by atoms with Crippen molar-refractivity contribution in [2.45, 2.75) is 20.8 Å². The second-order valence-corrected chi connectivity index (χ2v) is 6.24. The molecule has 0 spiro atoms. The quantitative estimate of drug-likeness (QED) is 0.514. The average Bonchev–Trinajstić information content (AvgIpc) is 2.59. The highest BCUT2D eigenvalue weighted by molar-refractivity contribution is 9.10. The Labute approximate surface area is 159 Å². The molecule has 0 radical (unpaired) electrons. The maximum absolute atomic E-state index is 12.6. The van der Waals surface area contributed by atoms with Crippen LogP contribution in [0.4, 0.5) is 11.4 Å². The van der Waals surface area contributed by atoms with Crippen LogP contribution >= 0.6 is 15.9 Å². The molecule has 0 aliphatic carbocycles. The number of amides is 1. The number of hydrogen-bond acceptors (Lipinski definition) is 5. The molecule has 1 amide bonds. The molecule has 0 atom stereocenters. The monoisotopic (exact) mass is 422 g/mol. The molecule has 0 heterocycles. The largest absolute Gasteiger partial charge is 0.490 e. The number of nitro groups is 1. The van der Waals surface area contributed by atoms with Gasteiger partial charge in [0.15, 0.2) is 11.5 Å². The van der Waals surface area contributed by atoms with Crippen molar-refractivity contribution in [2.24, 2.45) is 0 Å². The number of nitrogens with zero attached hydrogens (tertiary/aromatic N) is 1. The van der Waals surface area contributed by atoms with E-state index in [4.69, 9.17) is 9.47 Å². The van der Waals surface area contributed by atoms with Gasteiger partial charge >= 0.3 is 0 Å². The number of benzene rings is 2. The number of aryl methyl sites for hydroxylation is 1. The number of anilines is 1. The second-order valence-electron chi connectivity index (χ2n) is 5.38. The summed E-state index contributed by atoms with van der Waals surface area (Å²) < 4.78 is 11.7. The van der Waals surface area contributed by atoms with Crippen molar-refractivity contribution in [1.82, 2.24) is 0 Å². The maximum Gasteiger partial charge on any atom is 0.293 e. The van der Waals surface area contributed by atoms with Crippen LogP contribution in [0.5, 0.6) is 11.5 Å². The van der Waals surface area contributed by atoms with Gasteiger partial charge in [-0.3, -0.25) is 14.9 Å². The van der Waals surface area contributed by atoms with Gasteiger partial charge in [-0.25, -0.2) is 0 Å². The van der Waals surface area contributed by atoms with E-state index in [1.54, 1.807) is 25.1 Å². The molecule has 26 heavy (non-hydrogen) atoms. The van der Waals surface area contributed by atoms with Crippen molar-refractivity contribution in [1.29, 1.82) is 0 Å². The topological polar surface area (TPSA) is 90.7 Å². The molecule has 0 saturated carbocycles. The van der Waals surface area contributed by atoms with Crippen LogP contribution in [0.1, 0.15) is 29.8 Å². The molecule has 7 nitrogen and oxygen atoms in total. The predicted octanol–water partition coefficient (Wildman–Crippen LogP) is 4.72. The molecule has 2 rings (SSSR count). The summed E-state index contributed by atoms with van der Waals surface area (Å²) in [7, 11) is 0. The van der Waals surface area contributed by atoms with Gasteiger partial charge in [0, 0.05) is 11.6 Å². The summed E-state index contributed by atoms with van der Waals surface area (Å²) in [4.78, 5) is 23.3. The number of carbonyl (C=O) groups is 1. The highest BCUT2D eigenvalue weighted by Crippen LogP contribution is 2.37. The number of carbonyl (C=O) groups excluding carboxylic acids is 1. The fraction of sp³-hybridized carbons (Fsp3) is 0.278. The molecular weight excluding hydrogens is 404 g/mol.